The number of hydrogen-bond donors (Lipinski definition) is 5. The first-order valence-electron chi connectivity index (χ1n) is 12.6. The molecule has 4 aliphatic heterocycles. The lowest BCUT2D eigenvalue weighted by Crippen LogP contribution is -2.41. The molecule has 1 unspecified atom stereocenters. The van der Waals surface area contributed by atoms with Crippen molar-refractivity contribution in [3.8, 4) is 0 Å². The number of rotatable bonds is 11. The average Bonchev–Trinajstić information content (AvgIpc) is 3.62. The summed E-state index contributed by atoms with van der Waals surface area (Å²) in [5, 5.41) is 8.28. The van der Waals surface area contributed by atoms with Crippen LogP contribution in [-0.2, 0) is 28.8 Å². The maximum atomic E-state index is 11.9. The van der Waals surface area contributed by atoms with E-state index < -0.39 is 0 Å². The van der Waals surface area contributed by atoms with Crippen molar-refractivity contribution in [3.63, 3.8) is 0 Å². The number of nitrogens with zero attached hydrogens (tertiary/aromatic N) is 1. The maximum absolute atomic E-state index is 11.9. The first-order chi connectivity index (χ1) is 18.2. The number of nitrogens with one attached hydrogen (secondary N) is 5. The molecule has 5 N–H and O–H groups in total. The summed E-state index contributed by atoms with van der Waals surface area (Å²) in [6.45, 7) is 0.354. The second-order valence-electron chi connectivity index (χ2n) is 9.12. The van der Waals surface area contributed by atoms with E-state index in [1.807, 2.05) is 17.1 Å². The van der Waals surface area contributed by atoms with Gasteiger partial charge in [-0.2, -0.15) is 11.8 Å². The molecule has 2 saturated heterocycles. The fourth-order valence-electron chi connectivity index (χ4n) is 4.28. The molecule has 0 aliphatic carbocycles. The summed E-state index contributed by atoms with van der Waals surface area (Å²) in [6, 6.07) is 0.298. The zero-order valence-corrected chi connectivity index (χ0v) is 21.6. The SMILES string of the molecule is O=C(CCCCCN1C(=O)C=CC1=O)NNC(=O)CCCCC1SC[C@@H]2NC(=O)N[C@H]12.O=C1C=CC(=O)N1. The molecule has 4 rings (SSSR count). The Morgan fingerprint density at radius 2 is 1.42 bits per heavy atom. The predicted molar refractivity (Wildman–Crippen MR) is 137 cm³/mol. The number of thioether (sulfide) groups is 1. The Labute approximate surface area is 223 Å². The zero-order valence-electron chi connectivity index (χ0n) is 20.8. The van der Waals surface area contributed by atoms with Crippen LogP contribution in [0.5, 0.6) is 0 Å². The average molecular weight is 549 g/mol. The van der Waals surface area contributed by atoms with Gasteiger partial charge in [-0.15, -0.1) is 0 Å². The van der Waals surface area contributed by atoms with Crippen molar-refractivity contribution in [2.24, 2.45) is 0 Å². The highest BCUT2D eigenvalue weighted by Gasteiger charge is 2.42. The van der Waals surface area contributed by atoms with Gasteiger partial charge >= 0.3 is 6.03 Å². The van der Waals surface area contributed by atoms with Gasteiger partial charge < -0.3 is 10.6 Å². The van der Waals surface area contributed by atoms with E-state index in [1.165, 1.54) is 29.2 Å². The van der Waals surface area contributed by atoms with Crippen molar-refractivity contribution in [3.05, 3.63) is 24.3 Å². The number of hydrogen-bond acceptors (Lipinski definition) is 8. The van der Waals surface area contributed by atoms with Crippen molar-refractivity contribution in [1.82, 2.24) is 31.7 Å². The highest BCUT2D eigenvalue weighted by molar-refractivity contribution is 8.00. The molecular formula is C24H32N6O7S. The molecule has 0 bridgehead atoms. The summed E-state index contributed by atoms with van der Waals surface area (Å²) >= 11 is 1.85. The third-order valence-electron chi connectivity index (χ3n) is 6.24. The van der Waals surface area contributed by atoms with Gasteiger partial charge in [0.25, 0.3) is 23.6 Å². The van der Waals surface area contributed by atoms with Crippen LogP contribution in [0, 0.1) is 0 Å². The topological polar surface area (TPSA) is 183 Å². The van der Waals surface area contributed by atoms with Gasteiger partial charge in [0, 0.05) is 54.7 Å². The fourth-order valence-corrected chi connectivity index (χ4v) is 5.82. The van der Waals surface area contributed by atoms with Gasteiger partial charge in [-0.05, 0) is 25.7 Å². The van der Waals surface area contributed by atoms with Gasteiger partial charge in [-0.25, -0.2) is 4.79 Å². The highest BCUT2D eigenvalue weighted by Crippen LogP contribution is 2.33. The van der Waals surface area contributed by atoms with Crippen molar-refractivity contribution >= 4 is 53.2 Å². The fraction of sp³-hybridized carbons (Fsp3) is 0.542. The zero-order chi connectivity index (χ0) is 27.5. The highest BCUT2D eigenvalue weighted by atomic mass is 32.2. The van der Waals surface area contributed by atoms with Crippen LogP contribution in [0.4, 0.5) is 4.79 Å². The van der Waals surface area contributed by atoms with Crippen LogP contribution in [-0.4, -0.2) is 76.0 Å². The Kier molecular flexibility index (Phi) is 10.9. The molecule has 0 aromatic carbocycles. The smallest absolute Gasteiger partial charge is 0.315 e. The van der Waals surface area contributed by atoms with Gasteiger partial charge in [-0.3, -0.25) is 49.8 Å². The van der Waals surface area contributed by atoms with Gasteiger partial charge in [0.05, 0.1) is 12.1 Å². The van der Waals surface area contributed by atoms with Crippen LogP contribution in [0.1, 0.15) is 51.4 Å². The number of hydrazine groups is 1. The quantitative estimate of drug-likeness (QED) is 0.0995. The van der Waals surface area contributed by atoms with E-state index in [0.717, 1.165) is 25.0 Å². The summed E-state index contributed by atoms with van der Waals surface area (Å²) in [6.07, 6.45) is 10.0. The number of amides is 8. The largest absolute Gasteiger partial charge is 0.332 e. The minimum absolute atomic E-state index is 0.0930. The van der Waals surface area contributed by atoms with E-state index in [0.29, 0.717) is 37.5 Å². The van der Waals surface area contributed by atoms with Crippen LogP contribution in [0.15, 0.2) is 24.3 Å². The number of unbranched alkanes of at least 4 members (excludes halogenated alkanes) is 3. The first-order valence-corrected chi connectivity index (χ1v) is 13.6. The van der Waals surface area contributed by atoms with E-state index in [9.17, 15) is 33.6 Å². The molecule has 3 atom stereocenters. The van der Waals surface area contributed by atoms with E-state index in [-0.39, 0.29) is 60.0 Å². The lowest BCUT2D eigenvalue weighted by molar-refractivity contribution is -0.137. The summed E-state index contributed by atoms with van der Waals surface area (Å²) in [4.78, 5) is 79.2. The molecular weight excluding hydrogens is 516 g/mol. The van der Waals surface area contributed by atoms with E-state index in [4.69, 9.17) is 0 Å². The van der Waals surface area contributed by atoms with Crippen LogP contribution < -0.4 is 26.8 Å². The minimum atomic E-state index is -0.329. The van der Waals surface area contributed by atoms with Crippen LogP contribution in [0.25, 0.3) is 0 Å². The lowest BCUT2D eigenvalue weighted by atomic mass is 10.0. The second-order valence-corrected chi connectivity index (χ2v) is 10.4. The normalized spacial score (nSPS) is 23.0. The molecule has 0 aromatic heterocycles. The van der Waals surface area contributed by atoms with Gasteiger partial charge in [0.1, 0.15) is 0 Å². The number of fused-ring (bicyclic) bond motifs is 1. The molecule has 4 heterocycles. The predicted octanol–water partition coefficient (Wildman–Crippen LogP) is -0.456. The van der Waals surface area contributed by atoms with Gasteiger partial charge in [0.15, 0.2) is 0 Å². The van der Waals surface area contributed by atoms with E-state index >= 15 is 0 Å². The molecule has 0 aromatic rings. The van der Waals surface area contributed by atoms with Crippen LogP contribution in [0.3, 0.4) is 0 Å². The number of urea groups is 1. The van der Waals surface area contributed by atoms with E-state index in [1.54, 1.807) is 0 Å². The molecule has 38 heavy (non-hydrogen) atoms. The van der Waals surface area contributed by atoms with Crippen molar-refractivity contribution in [2.75, 3.05) is 12.3 Å². The Morgan fingerprint density at radius 3 is 2.00 bits per heavy atom. The van der Waals surface area contributed by atoms with Crippen molar-refractivity contribution in [2.45, 2.75) is 68.7 Å². The van der Waals surface area contributed by atoms with Crippen LogP contribution in [0.2, 0.25) is 0 Å². The molecule has 4 aliphatic rings. The Bertz CT molecular complexity index is 996. The molecule has 8 amide bonds. The Morgan fingerprint density at radius 1 is 0.816 bits per heavy atom. The number of imide groups is 2. The number of carbonyl (C=O) groups is 7. The molecule has 206 valence electrons. The third-order valence-corrected chi connectivity index (χ3v) is 7.75. The standard InChI is InChI=1S/C20H29N5O5S.C4H3NO2/c26-15(7-2-1-5-11-25-17(28)9-10-18(25)29)23-24-16(27)8-4-3-6-14-19-13(12-31-14)21-20(30)22-19;6-3-1-2-4(7)5-3/h9-10,13-14,19H,1-8,11-12H2,(H,23,26)(H,24,27)(H2,21,22,30);1-2H,(H,5,6,7)/t13-,14?,19-;/m0./s1. The van der Waals surface area contributed by atoms with E-state index in [2.05, 4.69) is 21.5 Å². The lowest BCUT2D eigenvalue weighted by Gasteiger charge is -2.16. The van der Waals surface area contributed by atoms with Crippen molar-refractivity contribution in [1.29, 1.82) is 0 Å². The molecule has 13 nitrogen and oxygen atoms in total. The number of carbonyl (C=O) groups excluding carboxylic acids is 7. The minimum Gasteiger partial charge on any atom is -0.332 e. The monoisotopic (exact) mass is 548 g/mol. The maximum Gasteiger partial charge on any atom is 0.315 e. The third kappa shape index (κ3) is 9.01. The molecule has 14 heteroatoms. The van der Waals surface area contributed by atoms with Crippen molar-refractivity contribution < 1.29 is 33.6 Å². The molecule has 2 fully saturated rings. The summed E-state index contributed by atoms with van der Waals surface area (Å²) in [7, 11) is 0. The molecule has 0 spiro atoms. The summed E-state index contributed by atoms with van der Waals surface area (Å²) in [5.74, 6) is -0.805. The van der Waals surface area contributed by atoms with Gasteiger partial charge in [0.2, 0.25) is 11.8 Å². The summed E-state index contributed by atoms with van der Waals surface area (Å²) in [5.41, 5.74) is 4.85. The second kappa shape index (κ2) is 14.3. The molecule has 0 radical (unpaired) electrons. The molecule has 0 saturated carbocycles. The first kappa shape index (κ1) is 28.9. The van der Waals surface area contributed by atoms with Crippen LogP contribution >= 0.6 is 11.8 Å². The Balaban J connectivity index is 0.000000494. The summed E-state index contributed by atoms with van der Waals surface area (Å²) < 4.78 is 0. The Hall–Kier alpha value is -3.68. The van der Waals surface area contributed by atoms with Gasteiger partial charge in [-0.1, -0.05) is 12.8 Å².